The van der Waals surface area contributed by atoms with Crippen molar-refractivity contribution in [1.29, 1.82) is 0 Å². The Labute approximate surface area is 152 Å². The van der Waals surface area contributed by atoms with E-state index in [4.69, 9.17) is 4.65 Å². The topological polar surface area (TPSA) is 32.8 Å². The number of carbonyl (C=O) groups is 1. The number of carbonyl (C=O) groups excluding carboxylic acids is 1. The van der Waals surface area contributed by atoms with Gasteiger partial charge in [-0.15, -0.1) is 0 Å². The summed E-state index contributed by atoms with van der Waals surface area (Å²) in [5.41, 5.74) is 1.99. The average Bonchev–Trinajstić information content (AvgIpc) is 2.58. The summed E-state index contributed by atoms with van der Waals surface area (Å²) in [6.45, 7) is 12.6. The van der Waals surface area contributed by atoms with Crippen LogP contribution in [0.1, 0.15) is 44.5 Å². The van der Waals surface area contributed by atoms with E-state index in [1.54, 1.807) is 0 Å². The molecule has 0 aliphatic carbocycles. The summed E-state index contributed by atoms with van der Waals surface area (Å²) in [6.07, 6.45) is 2.18. The fourth-order valence-corrected chi connectivity index (χ4v) is 3.63. The molecule has 2 aliphatic heterocycles. The van der Waals surface area contributed by atoms with E-state index in [2.05, 4.69) is 51.8 Å². The Balaban J connectivity index is 1.67. The van der Waals surface area contributed by atoms with Gasteiger partial charge in [0.1, 0.15) is 0 Å². The van der Waals surface area contributed by atoms with Gasteiger partial charge in [0, 0.05) is 31.7 Å². The normalized spacial score (nSPS) is 23.6. The summed E-state index contributed by atoms with van der Waals surface area (Å²) >= 11 is 0. The molecule has 1 aromatic carbocycles. The molecule has 0 N–H and O–H groups in total. The molecule has 4 nitrogen and oxygen atoms in total. The number of benzene rings is 1. The zero-order chi connectivity index (χ0) is 18.2. The molecule has 2 saturated heterocycles. The van der Waals surface area contributed by atoms with Crippen LogP contribution in [-0.4, -0.2) is 61.5 Å². The second kappa shape index (κ2) is 6.77. The average molecular weight is 342 g/mol. The van der Waals surface area contributed by atoms with E-state index in [9.17, 15) is 4.79 Å². The molecule has 2 fully saturated rings. The first-order valence-corrected chi connectivity index (χ1v) is 9.45. The van der Waals surface area contributed by atoms with Crippen molar-refractivity contribution in [3.05, 3.63) is 29.8 Å². The maximum Gasteiger partial charge on any atom is 0.327 e. The molecule has 0 bridgehead atoms. The number of rotatable bonds is 2. The molecule has 136 valence electrons. The van der Waals surface area contributed by atoms with E-state index in [0.29, 0.717) is 0 Å². The Morgan fingerprint density at radius 2 is 1.64 bits per heavy atom. The van der Waals surface area contributed by atoms with Crippen LogP contribution in [0.4, 0.5) is 0 Å². The first-order valence-electron chi connectivity index (χ1n) is 9.45. The quantitative estimate of drug-likeness (QED) is 0.775. The molecule has 0 spiro atoms. The molecule has 0 atom stereocenters. The van der Waals surface area contributed by atoms with Gasteiger partial charge in [-0.3, -0.25) is 4.79 Å². The first-order chi connectivity index (χ1) is 11.7. The molecule has 0 unspecified atom stereocenters. The van der Waals surface area contributed by atoms with Crippen molar-refractivity contribution < 1.29 is 9.45 Å². The second-order valence-electron chi connectivity index (χ2n) is 8.76. The van der Waals surface area contributed by atoms with E-state index in [1.807, 2.05) is 17.0 Å². The number of nitrogens with zero attached hydrogens (tertiary/aromatic N) is 2. The lowest BCUT2D eigenvalue weighted by atomic mass is 9.50. The minimum Gasteiger partial charge on any atom is -0.426 e. The van der Waals surface area contributed by atoms with Crippen molar-refractivity contribution in [3.8, 4) is 0 Å². The Kier molecular flexibility index (Phi) is 5.00. The van der Waals surface area contributed by atoms with Crippen LogP contribution in [0, 0.1) is 5.41 Å². The molecule has 1 aromatic rings. The lowest BCUT2D eigenvalue weighted by molar-refractivity contribution is -0.0311. The van der Waals surface area contributed by atoms with E-state index < -0.39 is 0 Å². The number of hydrogen-bond acceptors (Lipinski definition) is 3. The van der Waals surface area contributed by atoms with Crippen molar-refractivity contribution >= 4 is 18.3 Å². The van der Waals surface area contributed by atoms with Crippen molar-refractivity contribution in [2.24, 2.45) is 5.41 Å². The second-order valence-corrected chi connectivity index (χ2v) is 8.76. The van der Waals surface area contributed by atoms with E-state index in [-0.39, 0.29) is 23.8 Å². The first kappa shape index (κ1) is 18.5. The Morgan fingerprint density at radius 1 is 1.04 bits per heavy atom. The van der Waals surface area contributed by atoms with Crippen molar-refractivity contribution in [1.82, 2.24) is 9.80 Å². The van der Waals surface area contributed by atoms with Gasteiger partial charge in [-0.05, 0) is 56.6 Å². The monoisotopic (exact) mass is 342 g/mol. The molecular weight excluding hydrogens is 311 g/mol. The van der Waals surface area contributed by atoms with Crippen molar-refractivity contribution in [2.75, 3.05) is 33.2 Å². The van der Waals surface area contributed by atoms with Crippen LogP contribution >= 0.6 is 0 Å². The fourth-order valence-electron chi connectivity index (χ4n) is 3.63. The van der Waals surface area contributed by atoms with Crippen LogP contribution in [0.3, 0.4) is 0 Å². The Hall–Kier alpha value is -1.33. The Bertz CT molecular complexity index is 619. The molecule has 2 heterocycles. The standard InChI is InChI=1S/C20H31BN2O2/c1-19(2)10-11-21(25-20(19,3)4)17-8-6-16(7-9-17)18(24)23-14-12-22(5)13-15-23/h6-9H,10-15H2,1-5H3. The highest BCUT2D eigenvalue weighted by atomic mass is 16.5. The van der Waals surface area contributed by atoms with Gasteiger partial charge in [0.05, 0.1) is 5.60 Å². The molecule has 1 amide bonds. The van der Waals surface area contributed by atoms with Gasteiger partial charge in [-0.1, -0.05) is 26.0 Å². The smallest absolute Gasteiger partial charge is 0.327 e. The summed E-state index contributed by atoms with van der Waals surface area (Å²) in [7, 11) is 2.10. The summed E-state index contributed by atoms with van der Waals surface area (Å²) in [4.78, 5) is 16.9. The molecule has 0 radical (unpaired) electrons. The van der Waals surface area contributed by atoms with Crippen LogP contribution < -0.4 is 5.46 Å². The predicted octanol–water partition coefficient (Wildman–Crippen LogP) is 2.50. The van der Waals surface area contributed by atoms with Gasteiger partial charge >= 0.3 is 6.92 Å². The van der Waals surface area contributed by atoms with E-state index >= 15 is 0 Å². The maximum atomic E-state index is 12.7. The molecule has 2 aliphatic rings. The number of hydrogen-bond donors (Lipinski definition) is 0. The summed E-state index contributed by atoms with van der Waals surface area (Å²) < 4.78 is 6.40. The zero-order valence-electron chi connectivity index (χ0n) is 16.3. The van der Waals surface area contributed by atoms with Gasteiger partial charge in [0.15, 0.2) is 0 Å². The highest BCUT2D eigenvalue weighted by Gasteiger charge is 2.45. The Morgan fingerprint density at radius 3 is 2.20 bits per heavy atom. The molecule has 0 saturated carbocycles. The molecule has 25 heavy (non-hydrogen) atoms. The molecular formula is C20H31BN2O2. The lowest BCUT2D eigenvalue weighted by Crippen LogP contribution is -2.54. The van der Waals surface area contributed by atoms with E-state index in [1.165, 1.54) is 5.46 Å². The van der Waals surface area contributed by atoms with Gasteiger partial charge < -0.3 is 14.5 Å². The van der Waals surface area contributed by atoms with Crippen LogP contribution in [0.15, 0.2) is 24.3 Å². The van der Waals surface area contributed by atoms with Gasteiger partial charge in [0.25, 0.3) is 5.91 Å². The summed E-state index contributed by atoms with van der Waals surface area (Å²) in [5.74, 6) is 0.144. The fraction of sp³-hybridized carbons (Fsp3) is 0.650. The maximum absolute atomic E-state index is 12.7. The predicted molar refractivity (Wildman–Crippen MR) is 104 cm³/mol. The van der Waals surface area contributed by atoms with Crippen LogP contribution in [0.25, 0.3) is 0 Å². The van der Waals surface area contributed by atoms with Gasteiger partial charge in [-0.25, -0.2) is 0 Å². The highest BCUT2D eigenvalue weighted by molar-refractivity contribution is 6.67. The minimum atomic E-state index is -0.149. The third kappa shape index (κ3) is 3.77. The summed E-state index contributed by atoms with van der Waals surface area (Å²) in [5, 5.41) is 0. The molecule has 0 aromatic heterocycles. The van der Waals surface area contributed by atoms with Crippen molar-refractivity contribution in [3.63, 3.8) is 0 Å². The largest absolute Gasteiger partial charge is 0.426 e. The molecule has 5 heteroatoms. The number of likely N-dealkylation sites (N-methyl/N-ethyl adjacent to an activating group) is 1. The minimum absolute atomic E-state index is 0.121. The third-order valence-corrected chi connectivity index (χ3v) is 6.42. The number of amides is 1. The summed E-state index contributed by atoms with van der Waals surface area (Å²) in [6, 6.07) is 8.07. The zero-order valence-corrected chi connectivity index (χ0v) is 16.3. The van der Waals surface area contributed by atoms with Gasteiger partial charge in [-0.2, -0.15) is 0 Å². The van der Waals surface area contributed by atoms with Crippen molar-refractivity contribution in [2.45, 2.75) is 46.0 Å². The van der Waals surface area contributed by atoms with Crippen LogP contribution in [0.5, 0.6) is 0 Å². The third-order valence-electron chi connectivity index (χ3n) is 6.42. The SMILES string of the molecule is CN1CCN(C(=O)c2ccc(B3CCC(C)(C)C(C)(C)O3)cc2)CC1. The van der Waals surface area contributed by atoms with Crippen LogP contribution in [-0.2, 0) is 4.65 Å². The number of piperazine rings is 1. The van der Waals surface area contributed by atoms with Gasteiger partial charge in [0.2, 0.25) is 0 Å². The lowest BCUT2D eigenvalue weighted by Gasteiger charge is -2.48. The van der Waals surface area contributed by atoms with Crippen LogP contribution in [0.2, 0.25) is 6.32 Å². The highest BCUT2D eigenvalue weighted by Crippen LogP contribution is 2.42. The van der Waals surface area contributed by atoms with E-state index in [0.717, 1.165) is 44.5 Å². The molecule has 3 rings (SSSR count).